The maximum atomic E-state index is 14.3. The van der Waals surface area contributed by atoms with Crippen molar-refractivity contribution in [3.63, 3.8) is 0 Å². The number of nitrogens with zero attached hydrogens (tertiary/aromatic N) is 2. The minimum absolute atomic E-state index is 0.0750. The molecular formula is C30H42F2N7O7P. The van der Waals surface area contributed by atoms with Crippen molar-refractivity contribution in [2.24, 2.45) is 11.7 Å². The lowest BCUT2D eigenvalue weighted by Crippen LogP contribution is -2.62. The molecule has 0 radical (unpaired) electrons. The van der Waals surface area contributed by atoms with Gasteiger partial charge in [-0.3, -0.25) is 18.9 Å². The van der Waals surface area contributed by atoms with E-state index in [1.807, 2.05) is 13.8 Å². The van der Waals surface area contributed by atoms with Crippen LogP contribution in [0.4, 0.5) is 13.6 Å². The van der Waals surface area contributed by atoms with Crippen molar-refractivity contribution in [3.05, 3.63) is 47.8 Å². The minimum atomic E-state index is -5.82. The summed E-state index contributed by atoms with van der Waals surface area (Å²) in [5, 5.41) is 8.32. The molecule has 17 heteroatoms. The number of rotatable bonds is 10. The molecule has 0 saturated carbocycles. The molecule has 2 saturated heterocycles. The van der Waals surface area contributed by atoms with Gasteiger partial charge in [0.15, 0.2) is 0 Å². The number of alkyl halides is 2. The van der Waals surface area contributed by atoms with Crippen LogP contribution in [0.2, 0.25) is 0 Å². The summed E-state index contributed by atoms with van der Waals surface area (Å²) >= 11 is 0. The van der Waals surface area contributed by atoms with Gasteiger partial charge in [0, 0.05) is 47.8 Å². The summed E-state index contributed by atoms with van der Waals surface area (Å²) in [6.07, 6.45) is 2.42. The number of carbonyl (C=O) groups excluding carboxylic acids is 4. The van der Waals surface area contributed by atoms with Gasteiger partial charge in [0.25, 0.3) is 5.91 Å². The molecule has 1 aromatic carbocycles. The van der Waals surface area contributed by atoms with Crippen molar-refractivity contribution in [1.29, 1.82) is 0 Å². The Labute approximate surface area is 270 Å². The second kappa shape index (κ2) is 14.0. The Hall–Kier alpha value is -4.01. The second-order valence-electron chi connectivity index (χ2n) is 12.4. The third kappa shape index (κ3) is 7.77. The monoisotopic (exact) mass is 681 g/mol. The highest BCUT2D eigenvalue weighted by molar-refractivity contribution is 7.52. The van der Waals surface area contributed by atoms with Crippen molar-refractivity contribution in [3.8, 4) is 0 Å². The van der Waals surface area contributed by atoms with Gasteiger partial charge in [0.2, 0.25) is 11.8 Å². The first-order valence-electron chi connectivity index (χ1n) is 15.3. The molecule has 1 aromatic heterocycles. The lowest BCUT2D eigenvalue weighted by atomic mass is 9.98. The molecule has 4 atom stereocenters. The van der Waals surface area contributed by atoms with Gasteiger partial charge in [-0.25, -0.2) is 4.79 Å². The molecule has 0 aliphatic carbocycles. The number of hydrogen-bond acceptors (Lipinski definition) is 6. The second-order valence-corrected chi connectivity index (χ2v) is 14.1. The number of aromatic nitrogens is 1. The molecule has 5 amide bonds. The number of fused-ring (bicyclic) bond motifs is 2. The number of aromatic amines is 1. The van der Waals surface area contributed by atoms with Crippen LogP contribution >= 0.6 is 7.60 Å². The first-order valence-corrected chi connectivity index (χ1v) is 17.0. The van der Waals surface area contributed by atoms with E-state index in [0.717, 1.165) is 18.2 Å². The summed E-state index contributed by atoms with van der Waals surface area (Å²) in [4.78, 5) is 77.8. The van der Waals surface area contributed by atoms with Crippen LogP contribution in [0.5, 0.6) is 0 Å². The lowest BCUT2D eigenvalue weighted by molar-refractivity contribution is -0.143. The maximum Gasteiger partial charge on any atom is 0.399 e. The zero-order chi connectivity index (χ0) is 34.8. The molecule has 0 spiro atoms. The highest BCUT2D eigenvalue weighted by atomic mass is 31.2. The van der Waals surface area contributed by atoms with E-state index in [9.17, 15) is 32.5 Å². The maximum absolute atomic E-state index is 14.3. The van der Waals surface area contributed by atoms with E-state index in [0.29, 0.717) is 37.8 Å². The number of benzene rings is 1. The van der Waals surface area contributed by atoms with Gasteiger partial charge in [0.1, 0.15) is 17.8 Å². The molecule has 2 aliphatic heterocycles. The fourth-order valence-electron chi connectivity index (χ4n) is 6.12. The lowest BCUT2D eigenvalue weighted by Gasteiger charge is -2.39. The zero-order valence-electron chi connectivity index (χ0n) is 26.5. The van der Waals surface area contributed by atoms with E-state index < -0.39 is 48.8 Å². The predicted molar refractivity (Wildman–Crippen MR) is 169 cm³/mol. The summed E-state index contributed by atoms with van der Waals surface area (Å²) in [6.45, 7) is 7.71. The summed E-state index contributed by atoms with van der Waals surface area (Å²) in [7, 11) is -4.37. The first-order chi connectivity index (χ1) is 21.9. The van der Waals surface area contributed by atoms with E-state index in [1.165, 1.54) is 22.9 Å². The van der Waals surface area contributed by atoms with Crippen LogP contribution < -0.4 is 21.7 Å². The number of carbonyl (C=O) groups is 4. The molecule has 14 nitrogen and oxygen atoms in total. The summed E-state index contributed by atoms with van der Waals surface area (Å²) in [5.41, 5.74) is 0.973. The molecular weight excluding hydrogens is 639 g/mol. The van der Waals surface area contributed by atoms with Crippen molar-refractivity contribution in [2.45, 2.75) is 75.8 Å². The molecule has 2 aliphatic rings. The minimum Gasteiger partial charge on any atom is -0.403 e. The Morgan fingerprint density at radius 2 is 1.89 bits per heavy atom. The van der Waals surface area contributed by atoms with Crippen LogP contribution in [0.3, 0.4) is 0 Å². The van der Waals surface area contributed by atoms with Gasteiger partial charge in [0.05, 0.1) is 6.54 Å². The quantitative estimate of drug-likeness (QED) is 0.185. The van der Waals surface area contributed by atoms with Gasteiger partial charge in [-0.1, -0.05) is 26.5 Å². The molecule has 258 valence electrons. The number of allylic oxidation sites excluding steroid dienone is 1. The average Bonchev–Trinajstić information content (AvgIpc) is 3.62. The Bertz CT molecular complexity index is 1590. The smallest absolute Gasteiger partial charge is 0.399 e. The molecule has 2 fully saturated rings. The highest BCUT2D eigenvalue weighted by Gasteiger charge is 2.50. The number of halogens is 2. The van der Waals surface area contributed by atoms with E-state index in [-0.39, 0.29) is 53.6 Å². The van der Waals surface area contributed by atoms with Crippen molar-refractivity contribution < 1.29 is 42.3 Å². The Balaban J connectivity index is 1.60. The SMILES string of the molecule is C=C(N)CC[C@H](NC(=O)[C@@H]1CC[C@@H]2CCN(C(=O)NC)C[C@H](NC(=O)c3cc4cc(C(F)(F)P(=O)(O)O)ccc4[nH]3)C(=O)N21)C(C)C. The van der Waals surface area contributed by atoms with Crippen molar-refractivity contribution in [2.75, 3.05) is 20.1 Å². The number of hydrogen-bond donors (Lipinski definition) is 7. The molecule has 8 N–H and O–H groups in total. The van der Waals surface area contributed by atoms with Crippen LogP contribution in [-0.4, -0.2) is 92.6 Å². The van der Waals surface area contributed by atoms with Gasteiger partial charge in [-0.05, 0) is 56.2 Å². The predicted octanol–water partition coefficient (Wildman–Crippen LogP) is 2.29. The van der Waals surface area contributed by atoms with Crippen molar-refractivity contribution in [1.82, 2.24) is 30.7 Å². The number of nitrogens with two attached hydrogens (primary N) is 1. The Morgan fingerprint density at radius 3 is 2.51 bits per heavy atom. The summed E-state index contributed by atoms with van der Waals surface area (Å²) in [5.74, 6) is -1.58. The number of nitrogens with one attached hydrogen (secondary N) is 4. The van der Waals surface area contributed by atoms with E-state index in [4.69, 9.17) is 15.5 Å². The third-order valence-electron chi connectivity index (χ3n) is 8.79. The summed E-state index contributed by atoms with van der Waals surface area (Å²) < 4.78 is 40.0. The van der Waals surface area contributed by atoms with Gasteiger partial charge >= 0.3 is 19.3 Å². The zero-order valence-corrected chi connectivity index (χ0v) is 27.4. The normalized spacial score (nSPS) is 21.2. The molecule has 3 heterocycles. The van der Waals surface area contributed by atoms with E-state index in [2.05, 4.69) is 27.5 Å². The summed E-state index contributed by atoms with van der Waals surface area (Å²) in [6, 6.07) is 0.972. The molecule has 2 aromatic rings. The average molecular weight is 682 g/mol. The fourth-order valence-corrected chi connectivity index (χ4v) is 6.60. The Kier molecular flexibility index (Phi) is 10.7. The molecule has 47 heavy (non-hydrogen) atoms. The molecule has 4 rings (SSSR count). The van der Waals surface area contributed by atoms with E-state index in [1.54, 1.807) is 0 Å². The van der Waals surface area contributed by atoms with Crippen LogP contribution in [0.25, 0.3) is 10.9 Å². The van der Waals surface area contributed by atoms with Crippen LogP contribution in [-0.2, 0) is 19.8 Å². The largest absolute Gasteiger partial charge is 0.403 e. The van der Waals surface area contributed by atoms with Crippen LogP contribution in [0.1, 0.15) is 62.0 Å². The van der Waals surface area contributed by atoms with E-state index >= 15 is 0 Å². The molecule has 0 unspecified atom stereocenters. The van der Waals surface area contributed by atoms with Gasteiger partial charge < -0.3 is 46.3 Å². The van der Waals surface area contributed by atoms with Gasteiger partial charge in [-0.15, -0.1) is 0 Å². The Morgan fingerprint density at radius 1 is 1.19 bits per heavy atom. The standard InChI is InChI=1S/C30H42F2N7O7P/c1-16(2)21(8-5-17(3)33)36-27(41)25-10-7-20-11-12-38(29(43)34-4)15-24(28(42)39(20)25)37-26(40)23-14-18-13-19(6-9-22(18)35-23)30(31,32)47(44,45)46/h6,9,13-14,16,20-21,24-25,35H,3,5,7-8,10-12,15,33H2,1-2,4H3,(H,34,43)(H,36,41)(H,37,40)(H2,44,45,46)/t20-,21+,24+,25+/m1/s1. The van der Waals surface area contributed by atoms with Gasteiger partial charge in [-0.2, -0.15) is 8.78 Å². The third-order valence-corrected chi connectivity index (χ3v) is 9.78. The van der Waals surface area contributed by atoms with Crippen LogP contribution in [0.15, 0.2) is 36.5 Å². The highest BCUT2D eigenvalue weighted by Crippen LogP contribution is 2.59. The van der Waals surface area contributed by atoms with Crippen LogP contribution in [0, 0.1) is 5.92 Å². The fraction of sp³-hybridized carbons (Fsp3) is 0.533. The number of urea groups is 1. The van der Waals surface area contributed by atoms with Crippen molar-refractivity contribution >= 4 is 42.3 Å². The number of H-pyrrole nitrogens is 1. The molecule has 0 bridgehead atoms. The topological polar surface area (TPSA) is 210 Å². The first kappa shape index (κ1) is 35.8. The number of amides is 5.